The maximum absolute atomic E-state index is 12.8. The summed E-state index contributed by atoms with van der Waals surface area (Å²) in [7, 11) is 0. The van der Waals surface area contributed by atoms with Gasteiger partial charge < -0.3 is 9.73 Å². The van der Waals surface area contributed by atoms with Gasteiger partial charge in [0.1, 0.15) is 5.52 Å². The fourth-order valence-corrected chi connectivity index (χ4v) is 3.46. The van der Waals surface area contributed by atoms with E-state index in [2.05, 4.69) is 17.2 Å². The summed E-state index contributed by atoms with van der Waals surface area (Å²) >= 11 is 0. The number of amides is 1. The number of anilines is 1. The van der Waals surface area contributed by atoms with Crippen molar-refractivity contribution in [1.82, 2.24) is 4.98 Å². The lowest BCUT2D eigenvalue weighted by Gasteiger charge is -2.11. The number of fused-ring (bicyclic) bond motifs is 1. The first kappa shape index (κ1) is 20.3. The Labute approximate surface area is 178 Å². The molecule has 1 aromatic heterocycles. The van der Waals surface area contributed by atoms with Crippen LogP contribution in [0.15, 0.2) is 59.0 Å². The highest BCUT2D eigenvalue weighted by molar-refractivity contribution is 6.06. The molecule has 1 N–H and O–H groups in total. The second-order valence-corrected chi connectivity index (χ2v) is 7.37. The van der Waals surface area contributed by atoms with Crippen LogP contribution in [-0.4, -0.2) is 15.8 Å². The highest BCUT2D eigenvalue weighted by atomic mass is 16.6. The number of rotatable bonds is 5. The van der Waals surface area contributed by atoms with Gasteiger partial charge in [-0.15, -0.1) is 0 Å². The van der Waals surface area contributed by atoms with Crippen molar-refractivity contribution in [3.8, 4) is 11.5 Å². The van der Waals surface area contributed by atoms with E-state index in [1.807, 2.05) is 37.3 Å². The summed E-state index contributed by atoms with van der Waals surface area (Å²) in [5.74, 6) is 0.0527. The average molecular weight is 415 g/mol. The molecule has 156 valence electrons. The highest BCUT2D eigenvalue weighted by Gasteiger charge is 2.19. The topological polar surface area (TPSA) is 98.3 Å². The number of hydrogen-bond donors (Lipinski definition) is 1. The molecule has 3 aromatic carbocycles. The van der Waals surface area contributed by atoms with Gasteiger partial charge in [0.2, 0.25) is 5.89 Å². The van der Waals surface area contributed by atoms with Gasteiger partial charge in [0.25, 0.3) is 11.6 Å². The van der Waals surface area contributed by atoms with E-state index < -0.39 is 10.8 Å². The van der Waals surface area contributed by atoms with Gasteiger partial charge in [-0.25, -0.2) is 4.98 Å². The van der Waals surface area contributed by atoms with Crippen molar-refractivity contribution >= 4 is 28.4 Å². The largest absolute Gasteiger partial charge is 0.436 e. The van der Waals surface area contributed by atoms with Crippen molar-refractivity contribution in [2.75, 3.05) is 5.32 Å². The predicted molar refractivity (Wildman–Crippen MR) is 119 cm³/mol. The number of hydrogen-bond acceptors (Lipinski definition) is 5. The average Bonchev–Trinajstić information content (AvgIpc) is 3.18. The number of nitrogens with one attached hydrogen (secondary N) is 1. The molecule has 0 saturated heterocycles. The van der Waals surface area contributed by atoms with E-state index in [0.717, 1.165) is 23.1 Å². The molecule has 0 fully saturated rings. The van der Waals surface area contributed by atoms with E-state index in [1.54, 1.807) is 19.1 Å². The number of carbonyl (C=O) groups is 1. The smallest absolute Gasteiger partial charge is 0.273 e. The molecule has 0 radical (unpaired) electrons. The Morgan fingerprint density at radius 2 is 1.94 bits per heavy atom. The molecule has 1 amide bonds. The summed E-state index contributed by atoms with van der Waals surface area (Å²) in [6.07, 6.45) is 0.913. The Balaban J connectivity index is 1.67. The number of benzene rings is 3. The lowest BCUT2D eigenvalue weighted by atomic mass is 10.1. The van der Waals surface area contributed by atoms with Gasteiger partial charge in [0.05, 0.1) is 4.92 Å². The van der Waals surface area contributed by atoms with E-state index in [-0.39, 0.29) is 11.3 Å². The first-order valence-corrected chi connectivity index (χ1v) is 9.93. The number of oxazole rings is 1. The maximum atomic E-state index is 12.8. The molecule has 0 saturated carbocycles. The van der Waals surface area contributed by atoms with Crippen LogP contribution in [0.5, 0.6) is 0 Å². The molecule has 4 rings (SSSR count). The third-order valence-electron chi connectivity index (χ3n) is 5.34. The molecule has 0 atom stereocenters. The maximum Gasteiger partial charge on any atom is 0.273 e. The molecule has 0 bridgehead atoms. The first-order chi connectivity index (χ1) is 14.9. The summed E-state index contributed by atoms with van der Waals surface area (Å²) in [5, 5.41) is 14.0. The molecule has 0 unspecified atom stereocenters. The summed E-state index contributed by atoms with van der Waals surface area (Å²) in [4.78, 5) is 28.1. The van der Waals surface area contributed by atoms with Gasteiger partial charge in [0, 0.05) is 28.4 Å². The quantitative estimate of drug-likeness (QED) is 0.326. The molecule has 31 heavy (non-hydrogen) atoms. The van der Waals surface area contributed by atoms with Crippen LogP contribution < -0.4 is 5.32 Å². The summed E-state index contributed by atoms with van der Waals surface area (Å²) in [5.41, 5.74) is 5.32. The normalized spacial score (nSPS) is 10.9. The number of carbonyl (C=O) groups excluding carboxylic acids is 1. The predicted octanol–water partition coefficient (Wildman–Crippen LogP) is 5.83. The van der Waals surface area contributed by atoms with E-state index in [4.69, 9.17) is 4.42 Å². The lowest BCUT2D eigenvalue weighted by molar-refractivity contribution is -0.385. The molecule has 1 heterocycles. The summed E-state index contributed by atoms with van der Waals surface area (Å²) in [6, 6.07) is 15.9. The van der Waals surface area contributed by atoms with Crippen molar-refractivity contribution in [1.29, 1.82) is 0 Å². The second kappa shape index (κ2) is 8.02. The molecule has 0 aliphatic heterocycles. The molecule has 4 aromatic rings. The van der Waals surface area contributed by atoms with Crippen LogP contribution in [0.2, 0.25) is 0 Å². The van der Waals surface area contributed by atoms with Crippen molar-refractivity contribution in [3.63, 3.8) is 0 Å². The number of aryl methyl sites for hydroxylation is 2. The number of nitrogens with zero attached hydrogens (tertiary/aromatic N) is 2. The standard InChI is InChI=1S/C24H21N3O4/c1-4-16-9-11-22-20(12-16)26-24(31-22)17-10-8-14(2)19(13-17)25-23(28)18-6-5-7-21(15(18)3)27(29)30/h5-13H,4H2,1-3H3,(H,25,28). The van der Waals surface area contributed by atoms with Gasteiger partial charge in [-0.05, 0) is 61.7 Å². The van der Waals surface area contributed by atoms with Crippen LogP contribution in [0.1, 0.15) is 34.0 Å². The Bertz CT molecular complexity index is 1320. The molecular formula is C24H21N3O4. The summed E-state index contributed by atoms with van der Waals surface area (Å²) in [6.45, 7) is 5.53. The lowest BCUT2D eigenvalue weighted by Crippen LogP contribution is -2.15. The van der Waals surface area contributed by atoms with E-state index in [1.165, 1.54) is 17.7 Å². The van der Waals surface area contributed by atoms with Crippen LogP contribution in [0.4, 0.5) is 11.4 Å². The third-order valence-corrected chi connectivity index (χ3v) is 5.34. The van der Waals surface area contributed by atoms with Gasteiger partial charge in [0.15, 0.2) is 5.58 Å². The molecule has 0 aliphatic rings. The fourth-order valence-electron chi connectivity index (χ4n) is 3.46. The van der Waals surface area contributed by atoms with Gasteiger partial charge in [-0.2, -0.15) is 0 Å². The zero-order valence-electron chi connectivity index (χ0n) is 17.4. The van der Waals surface area contributed by atoms with Crippen molar-refractivity contribution in [2.24, 2.45) is 0 Å². The monoisotopic (exact) mass is 415 g/mol. The van der Waals surface area contributed by atoms with E-state index >= 15 is 0 Å². The Hall–Kier alpha value is -4.00. The minimum Gasteiger partial charge on any atom is -0.436 e. The Morgan fingerprint density at radius 1 is 1.13 bits per heavy atom. The molecule has 0 aliphatic carbocycles. The van der Waals surface area contributed by atoms with Gasteiger partial charge in [-0.3, -0.25) is 14.9 Å². The second-order valence-electron chi connectivity index (χ2n) is 7.37. The van der Waals surface area contributed by atoms with Crippen LogP contribution in [0.3, 0.4) is 0 Å². The van der Waals surface area contributed by atoms with Crippen LogP contribution in [0.25, 0.3) is 22.6 Å². The van der Waals surface area contributed by atoms with E-state index in [0.29, 0.717) is 22.7 Å². The minimum absolute atomic E-state index is 0.0870. The zero-order valence-corrected chi connectivity index (χ0v) is 17.4. The molecule has 0 spiro atoms. The SMILES string of the molecule is CCc1ccc2oc(-c3ccc(C)c(NC(=O)c4cccc([N+](=O)[O-])c4C)c3)nc2c1. The van der Waals surface area contributed by atoms with Crippen molar-refractivity contribution < 1.29 is 14.1 Å². The van der Waals surface area contributed by atoms with Crippen LogP contribution in [0, 0.1) is 24.0 Å². The molecular weight excluding hydrogens is 394 g/mol. The highest BCUT2D eigenvalue weighted by Crippen LogP contribution is 2.29. The molecule has 7 heteroatoms. The van der Waals surface area contributed by atoms with Gasteiger partial charge >= 0.3 is 0 Å². The van der Waals surface area contributed by atoms with E-state index in [9.17, 15) is 14.9 Å². The zero-order chi connectivity index (χ0) is 22.1. The Morgan fingerprint density at radius 3 is 2.68 bits per heavy atom. The minimum atomic E-state index is -0.491. The Kier molecular flexibility index (Phi) is 5.25. The number of nitro benzene ring substituents is 1. The van der Waals surface area contributed by atoms with Gasteiger partial charge in [-0.1, -0.05) is 25.1 Å². The summed E-state index contributed by atoms with van der Waals surface area (Å²) < 4.78 is 5.90. The first-order valence-electron chi connectivity index (χ1n) is 9.93. The molecule has 7 nitrogen and oxygen atoms in total. The van der Waals surface area contributed by atoms with Crippen LogP contribution in [-0.2, 0) is 6.42 Å². The fraction of sp³-hybridized carbons (Fsp3) is 0.167. The number of nitro groups is 1. The van der Waals surface area contributed by atoms with Crippen LogP contribution >= 0.6 is 0 Å². The van der Waals surface area contributed by atoms with Crippen molar-refractivity contribution in [2.45, 2.75) is 27.2 Å². The van der Waals surface area contributed by atoms with Crippen molar-refractivity contribution in [3.05, 3.63) is 87.0 Å². The third kappa shape index (κ3) is 3.90. The number of aromatic nitrogens is 1.